The lowest BCUT2D eigenvalue weighted by atomic mass is 9.95. The van der Waals surface area contributed by atoms with Crippen molar-refractivity contribution in [2.75, 3.05) is 26.2 Å². The van der Waals surface area contributed by atoms with E-state index in [1.54, 1.807) is 6.92 Å². The molecule has 1 aliphatic heterocycles. The van der Waals surface area contributed by atoms with Crippen molar-refractivity contribution < 1.29 is 4.79 Å². The van der Waals surface area contributed by atoms with Crippen LogP contribution in [0.25, 0.3) is 0 Å². The molecular weight excluding hydrogens is 176 g/mol. The lowest BCUT2D eigenvalue weighted by Crippen LogP contribution is -2.30. The molecule has 0 bridgehead atoms. The normalized spacial score (nSPS) is 22.2. The number of hydrogen-bond acceptors (Lipinski definition) is 3. The number of nitrogens with one attached hydrogen (secondary N) is 2. The average Bonchev–Trinajstić information content (AvgIpc) is 2.18. The summed E-state index contributed by atoms with van der Waals surface area (Å²) in [5, 5.41) is 6.57. The zero-order valence-corrected chi connectivity index (χ0v) is 9.14. The van der Waals surface area contributed by atoms with Crippen LogP contribution < -0.4 is 10.6 Å². The van der Waals surface area contributed by atoms with E-state index >= 15 is 0 Å². The van der Waals surface area contributed by atoms with Crippen molar-refractivity contribution in [1.82, 2.24) is 10.6 Å². The molecule has 3 nitrogen and oxygen atoms in total. The van der Waals surface area contributed by atoms with Crippen molar-refractivity contribution in [3.63, 3.8) is 0 Å². The highest BCUT2D eigenvalue weighted by Crippen LogP contribution is 2.14. The zero-order valence-electron chi connectivity index (χ0n) is 9.14. The van der Waals surface area contributed by atoms with Gasteiger partial charge in [-0.2, -0.15) is 0 Å². The maximum Gasteiger partial charge on any atom is 0.143 e. The van der Waals surface area contributed by atoms with Gasteiger partial charge in [0.1, 0.15) is 5.78 Å². The van der Waals surface area contributed by atoms with Crippen LogP contribution in [0, 0.1) is 5.92 Å². The van der Waals surface area contributed by atoms with Crippen molar-refractivity contribution >= 4 is 5.78 Å². The number of rotatable bonds is 6. The number of piperidine rings is 1. The van der Waals surface area contributed by atoms with Crippen LogP contribution in [0.5, 0.6) is 0 Å². The fraction of sp³-hybridized carbons (Fsp3) is 0.909. The summed E-state index contributed by atoms with van der Waals surface area (Å²) in [7, 11) is 0. The summed E-state index contributed by atoms with van der Waals surface area (Å²) in [4.78, 5) is 10.6. The minimum absolute atomic E-state index is 0.226. The molecule has 0 amide bonds. The highest BCUT2D eigenvalue weighted by molar-refractivity contribution is 5.77. The summed E-state index contributed by atoms with van der Waals surface area (Å²) in [6.07, 6.45) is 5.18. The molecule has 1 heterocycles. The van der Waals surface area contributed by atoms with E-state index in [1.807, 2.05) is 0 Å². The van der Waals surface area contributed by atoms with E-state index < -0.39 is 0 Å². The zero-order chi connectivity index (χ0) is 10.2. The van der Waals surface area contributed by atoms with Crippen LogP contribution in [0.15, 0.2) is 0 Å². The first-order valence-corrected chi connectivity index (χ1v) is 5.70. The van der Waals surface area contributed by atoms with Gasteiger partial charge in [0, 0.05) is 0 Å². The second-order valence-electron chi connectivity index (χ2n) is 4.23. The fourth-order valence-corrected chi connectivity index (χ4v) is 1.95. The van der Waals surface area contributed by atoms with Crippen LogP contribution in [-0.4, -0.2) is 32.0 Å². The Morgan fingerprint density at radius 2 is 2.43 bits per heavy atom. The Morgan fingerprint density at radius 3 is 3.07 bits per heavy atom. The number of carbonyl (C=O) groups excluding carboxylic acids is 1. The van der Waals surface area contributed by atoms with Gasteiger partial charge in [0.2, 0.25) is 0 Å². The monoisotopic (exact) mass is 198 g/mol. The van der Waals surface area contributed by atoms with Gasteiger partial charge in [-0.15, -0.1) is 0 Å². The molecule has 1 atom stereocenters. The third-order valence-electron chi connectivity index (χ3n) is 2.74. The Kier molecular flexibility index (Phi) is 5.80. The summed E-state index contributed by atoms with van der Waals surface area (Å²) >= 11 is 0. The predicted octanol–water partition coefficient (Wildman–Crippen LogP) is 0.945. The first-order valence-electron chi connectivity index (χ1n) is 5.70. The van der Waals surface area contributed by atoms with E-state index in [1.165, 1.54) is 38.8 Å². The molecule has 0 aromatic carbocycles. The van der Waals surface area contributed by atoms with Crippen molar-refractivity contribution in [1.29, 1.82) is 0 Å². The Labute approximate surface area is 86.6 Å². The first-order chi connectivity index (χ1) is 6.79. The summed E-state index contributed by atoms with van der Waals surface area (Å²) in [6, 6.07) is 0. The molecular formula is C11H22N2O. The van der Waals surface area contributed by atoms with Crippen LogP contribution in [0.1, 0.15) is 32.6 Å². The van der Waals surface area contributed by atoms with Crippen LogP contribution in [0.2, 0.25) is 0 Å². The third kappa shape index (κ3) is 5.35. The van der Waals surface area contributed by atoms with E-state index in [9.17, 15) is 4.79 Å². The van der Waals surface area contributed by atoms with Crippen molar-refractivity contribution in [3.8, 4) is 0 Å². The van der Waals surface area contributed by atoms with Gasteiger partial charge in [-0.05, 0) is 58.2 Å². The van der Waals surface area contributed by atoms with E-state index in [0.29, 0.717) is 6.54 Å². The molecule has 2 N–H and O–H groups in total. The summed E-state index contributed by atoms with van der Waals surface area (Å²) < 4.78 is 0. The van der Waals surface area contributed by atoms with Gasteiger partial charge in [0.05, 0.1) is 6.54 Å². The molecule has 82 valence electrons. The van der Waals surface area contributed by atoms with Gasteiger partial charge < -0.3 is 10.6 Å². The van der Waals surface area contributed by atoms with Gasteiger partial charge in [0.25, 0.3) is 0 Å². The van der Waals surface area contributed by atoms with Gasteiger partial charge in [-0.3, -0.25) is 4.79 Å². The Morgan fingerprint density at radius 1 is 1.57 bits per heavy atom. The number of hydrogen-bond donors (Lipinski definition) is 2. The third-order valence-corrected chi connectivity index (χ3v) is 2.74. The fourth-order valence-electron chi connectivity index (χ4n) is 1.95. The van der Waals surface area contributed by atoms with Gasteiger partial charge in [0.15, 0.2) is 0 Å². The largest absolute Gasteiger partial charge is 0.316 e. The molecule has 14 heavy (non-hydrogen) atoms. The highest BCUT2D eigenvalue weighted by Gasteiger charge is 2.11. The summed E-state index contributed by atoms with van der Waals surface area (Å²) in [5.41, 5.74) is 0. The molecule has 0 saturated carbocycles. The average molecular weight is 198 g/mol. The van der Waals surface area contributed by atoms with E-state index in [0.717, 1.165) is 12.5 Å². The predicted molar refractivity (Wildman–Crippen MR) is 58.4 cm³/mol. The molecule has 1 saturated heterocycles. The molecule has 0 aromatic rings. The van der Waals surface area contributed by atoms with Crippen molar-refractivity contribution in [2.24, 2.45) is 5.92 Å². The second-order valence-corrected chi connectivity index (χ2v) is 4.23. The SMILES string of the molecule is CC(=O)CNCCCC1CCCNC1. The Balaban J connectivity index is 1.90. The van der Waals surface area contributed by atoms with E-state index in [2.05, 4.69) is 10.6 Å². The molecule has 0 aromatic heterocycles. The standard InChI is InChI=1S/C11H22N2O/c1-10(14)8-12-6-2-4-11-5-3-7-13-9-11/h11-13H,2-9H2,1H3. The van der Waals surface area contributed by atoms with Crippen molar-refractivity contribution in [2.45, 2.75) is 32.6 Å². The molecule has 1 aliphatic rings. The Bertz CT molecular complexity index is 165. The Hall–Kier alpha value is -0.410. The lowest BCUT2D eigenvalue weighted by Gasteiger charge is -2.22. The second kappa shape index (κ2) is 6.96. The lowest BCUT2D eigenvalue weighted by molar-refractivity contribution is -0.116. The molecule has 0 aliphatic carbocycles. The van der Waals surface area contributed by atoms with Crippen LogP contribution >= 0.6 is 0 Å². The van der Waals surface area contributed by atoms with Gasteiger partial charge in [-0.25, -0.2) is 0 Å². The van der Waals surface area contributed by atoms with E-state index in [-0.39, 0.29) is 5.78 Å². The van der Waals surface area contributed by atoms with Gasteiger partial charge in [-0.1, -0.05) is 0 Å². The molecule has 1 fully saturated rings. The molecule has 1 unspecified atom stereocenters. The number of carbonyl (C=O) groups is 1. The summed E-state index contributed by atoms with van der Waals surface area (Å²) in [5.74, 6) is 1.09. The van der Waals surface area contributed by atoms with Crippen LogP contribution in [0.3, 0.4) is 0 Å². The quantitative estimate of drug-likeness (QED) is 0.624. The number of Topliss-reactive ketones (excluding diaryl/α,β-unsaturated/α-hetero) is 1. The van der Waals surface area contributed by atoms with Crippen molar-refractivity contribution in [3.05, 3.63) is 0 Å². The summed E-state index contributed by atoms with van der Waals surface area (Å²) in [6.45, 7) is 5.52. The van der Waals surface area contributed by atoms with Gasteiger partial charge >= 0.3 is 0 Å². The topological polar surface area (TPSA) is 41.1 Å². The molecule has 1 rings (SSSR count). The smallest absolute Gasteiger partial charge is 0.143 e. The number of ketones is 1. The van der Waals surface area contributed by atoms with E-state index in [4.69, 9.17) is 0 Å². The maximum atomic E-state index is 10.6. The molecule has 3 heteroatoms. The minimum Gasteiger partial charge on any atom is -0.316 e. The van der Waals surface area contributed by atoms with Crippen LogP contribution in [0.4, 0.5) is 0 Å². The first kappa shape index (κ1) is 11.7. The maximum absolute atomic E-state index is 10.6. The van der Waals surface area contributed by atoms with Crippen LogP contribution in [-0.2, 0) is 4.79 Å². The highest BCUT2D eigenvalue weighted by atomic mass is 16.1. The molecule has 0 spiro atoms. The minimum atomic E-state index is 0.226. The molecule has 0 radical (unpaired) electrons.